The van der Waals surface area contributed by atoms with E-state index in [-0.39, 0.29) is 55.1 Å². The molecule has 3 aliphatic carbocycles. The average molecular weight is 539 g/mol. The molecule has 206 valence electrons. The summed E-state index contributed by atoms with van der Waals surface area (Å²) in [5.41, 5.74) is -1.03. The lowest BCUT2D eigenvalue weighted by Gasteiger charge is -2.56. The third-order valence-electron chi connectivity index (χ3n) is 9.65. The minimum atomic E-state index is -4.37. The fourth-order valence-corrected chi connectivity index (χ4v) is 16.6. The van der Waals surface area contributed by atoms with Crippen molar-refractivity contribution in [2.75, 3.05) is 0 Å². The highest BCUT2D eigenvalue weighted by molar-refractivity contribution is 6.84. The van der Waals surface area contributed by atoms with E-state index >= 15 is 0 Å². The largest absolute Gasteiger partial charge is 0.391 e. The molecular weight excluding hydrogens is 499 g/mol. The quantitative estimate of drug-likeness (QED) is 0.233. The molecule has 0 amide bonds. The Labute approximate surface area is 203 Å². The first-order chi connectivity index (χ1) is 16.2. The van der Waals surface area contributed by atoms with Gasteiger partial charge in [-0.2, -0.15) is 39.5 Å². The second kappa shape index (κ2) is 11.1. The summed E-state index contributed by atoms with van der Waals surface area (Å²) in [7, 11) is -2.98. The van der Waals surface area contributed by atoms with Crippen LogP contribution in [0.15, 0.2) is 0 Å². The van der Waals surface area contributed by atoms with Crippen molar-refractivity contribution in [1.29, 1.82) is 0 Å². The second-order valence-corrected chi connectivity index (χ2v) is 16.7. The van der Waals surface area contributed by atoms with E-state index in [2.05, 4.69) is 0 Å². The van der Waals surface area contributed by atoms with Gasteiger partial charge in [0.1, 0.15) is 0 Å². The van der Waals surface area contributed by atoms with Crippen LogP contribution < -0.4 is 0 Å². The Bertz CT molecular complexity index is 586. The first-order valence-corrected chi connectivity index (χ1v) is 15.8. The number of hydrogen-bond acceptors (Lipinski definition) is 0. The van der Waals surface area contributed by atoms with Gasteiger partial charge in [-0.25, -0.2) is 0 Å². The Morgan fingerprint density at radius 3 is 1.11 bits per heavy atom. The molecule has 0 nitrogen and oxygen atoms in total. The molecule has 0 aromatic rings. The van der Waals surface area contributed by atoms with Crippen LogP contribution in [0.3, 0.4) is 0 Å². The van der Waals surface area contributed by atoms with Crippen molar-refractivity contribution in [3.63, 3.8) is 0 Å². The normalized spacial score (nSPS) is 35.5. The van der Waals surface area contributed by atoms with Crippen LogP contribution in [0, 0.1) is 17.8 Å². The van der Waals surface area contributed by atoms with Crippen LogP contribution in [-0.2, 0) is 0 Å². The van der Waals surface area contributed by atoms with Crippen LogP contribution in [0.4, 0.5) is 39.5 Å². The number of alkyl halides is 9. The molecule has 6 unspecified atom stereocenters. The molecule has 6 atom stereocenters. The lowest BCUT2D eigenvalue weighted by atomic mass is 9.87. The molecule has 0 N–H and O–H groups in total. The molecule has 0 bridgehead atoms. The summed E-state index contributed by atoms with van der Waals surface area (Å²) >= 11 is 0. The van der Waals surface area contributed by atoms with Gasteiger partial charge >= 0.3 is 18.5 Å². The van der Waals surface area contributed by atoms with Crippen molar-refractivity contribution in [2.45, 2.75) is 138 Å². The number of hydrogen-bond donors (Lipinski definition) is 0. The van der Waals surface area contributed by atoms with Gasteiger partial charge in [0.2, 0.25) is 0 Å². The Balaban J connectivity index is 2.05. The molecular formula is C25H39F9Si. The molecule has 0 aliphatic heterocycles. The summed E-state index contributed by atoms with van der Waals surface area (Å²) in [5.74, 6) is -4.46. The van der Waals surface area contributed by atoms with Gasteiger partial charge in [0, 0.05) is 0 Å². The lowest BCUT2D eigenvalue weighted by Crippen LogP contribution is -2.54. The van der Waals surface area contributed by atoms with E-state index in [1.807, 2.05) is 6.92 Å². The van der Waals surface area contributed by atoms with Crippen molar-refractivity contribution < 1.29 is 39.5 Å². The molecule has 0 aromatic carbocycles. The maximum atomic E-state index is 13.8. The van der Waals surface area contributed by atoms with E-state index in [0.29, 0.717) is 51.0 Å². The zero-order valence-electron chi connectivity index (χ0n) is 20.5. The van der Waals surface area contributed by atoms with Gasteiger partial charge < -0.3 is 0 Å². The zero-order valence-corrected chi connectivity index (χ0v) is 21.5. The molecule has 3 saturated carbocycles. The minimum Gasteiger partial charge on any atom is -0.171 e. The average Bonchev–Trinajstić information content (AvgIpc) is 2.79. The summed E-state index contributed by atoms with van der Waals surface area (Å²) in [6.07, 6.45) is -9.24. The van der Waals surface area contributed by atoms with Crippen molar-refractivity contribution in [2.24, 2.45) is 17.8 Å². The van der Waals surface area contributed by atoms with Crippen molar-refractivity contribution >= 4 is 8.07 Å². The predicted octanol–water partition coefficient (Wildman–Crippen LogP) is 10.6. The second-order valence-electron chi connectivity index (χ2n) is 11.5. The zero-order chi connectivity index (χ0) is 26.1. The third kappa shape index (κ3) is 6.73. The van der Waals surface area contributed by atoms with E-state index < -0.39 is 44.4 Å². The fraction of sp³-hybridized carbons (Fsp3) is 1.00. The van der Waals surface area contributed by atoms with Gasteiger partial charge in [0.25, 0.3) is 0 Å². The van der Waals surface area contributed by atoms with Crippen molar-refractivity contribution in [1.82, 2.24) is 0 Å². The van der Waals surface area contributed by atoms with Gasteiger partial charge in [-0.1, -0.05) is 64.3 Å². The monoisotopic (exact) mass is 538 g/mol. The van der Waals surface area contributed by atoms with Crippen molar-refractivity contribution in [3.8, 4) is 0 Å². The van der Waals surface area contributed by atoms with Crippen LogP contribution in [0.1, 0.15) is 96.8 Å². The SMILES string of the molecule is CCCC[Si](C1CCCC(C(F)(F)F)C1)(C1CCCC(C(F)(F)F)C1)C1CCCC(C(F)(F)F)C1. The number of rotatable bonds is 6. The van der Waals surface area contributed by atoms with Crippen LogP contribution in [0.25, 0.3) is 0 Å². The van der Waals surface area contributed by atoms with Crippen LogP contribution >= 0.6 is 0 Å². The molecule has 3 rings (SSSR count). The standard InChI is InChI=1S/C25H39F9Si/c1-2-3-13-35(20-10-4-7-17(14-20)23(26,27)28,21-11-5-8-18(15-21)24(29,30)31)22-12-6-9-19(16-22)25(32,33)34/h17-22H,2-16H2,1H3. The predicted molar refractivity (Wildman–Crippen MR) is 121 cm³/mol. The van der Waals surface area contributed by atoms with Crippen LogP contribution in [-0.4, -0.2) is 26.6 Å². The summed E-state index contributed by atoms with van der Waals surface area (Å²) < 4.78 is 124. The topological polar surface area (TPSA) is 0 Å². The lowest BCUT2D eigenvalue weighted by molar-refractivity contribution is -0.182. The smallest absolute Gasteiger partial charge is 0.171 e. The highest BCUT2D eigenvalue weighted by Gasteiger charge is 2.59. The molecule has 0 spiro atoms. The van der Waals surface area contributed by atoms with E-state index in [4.69, 9.17) is 0 Å². The van der Waals surface area contributed by atoms with Gasteiger partial charge in [0.15, 0.2) is 0 Å². The van der Waals surface area contributed by atoms with Gasteiger partial charge in [-0.15, -0.1) is 0 Å². The molecule has 3 fully saturated rings. The third-order valence-corrected chi connectivity index (χ3v) is 17.0. The first-order valence-electron chi connectivity index (χ1n) is 13.4. The van der Waals surface area contributed by atoms with E-state index in [1.165, 1.54) is 0 Å². The molecule has 0 aromatic heterocycles. The summed E-state index contributed by atoms with van der Waals surface area (Å²) in [6, 6.07) is 0.573. The van der Waals surface area contributed by atoms with E-state index in [1.54, 1.807) is 0 Å². The summed E-state index contributed by atoms with van der Waals surface area (Å²) in [6.45, 7) is 1.94. The maximum Gasteiger partial charge on any atom is 0.391 e. The van der Waals surface area contributed by atoms with Crippen LogP contribution in [0.5, 0.6) is 0 Å². The molecule has 0 heterocycles. The van der Waals surface area contributed by atoms with Crippen LogP contribution in [0.2, 0.25) is 22.7 Å². The Morgan fingerprint density at radius 1 is 0.543 bits per heavy atom. The van der Waals surface area contributed by atoms with Gasteiger partial charge in [-0.05, 0) is 55.1 Å². The first kappa shape index (κ1) is 29.1. The van der Waals surface area contributed by atoms with E-state index in [0.717, 1.165) is 6.42 Å². The highest BCUT2D eigenvalue weighted by Crippen LogP contribution is 2.63. The summed E-state index contributed by atoms with van der Waals surface area (Å²) in [5, 5.41) is 0. The number of unbranched alkanes of at least 4 members (excludes halogenated alkanes) is 1. The highest BCUT2D eigenvalue weighted by atomic mass is 28.3. The van der Waals surface area contributed by atoms with Gasteiger partial charge in [-0.3, -0.25) is 0 Å². The van der Waals surface area contributed by atoms with Crippen molar-refractivity contribution in [3.05, 3.63) is 0 Å². The fourth-order valence-electron chi connectivity index (χ4n) is 8.02. The Hall–Kier alpha value is -0.413. The molecule has 35 heavy (non-hydrogen) atoms. The summed E-state index contributed by atoms with van der Waals surface area (Å²) in [4.78, 5) is 0. The Morgan fingerprint density at radius 2 is 0.857 bits per heavy atom. The maximum absolute atomic E-state index is 13.8. The molecule has 0 radical (unpaired) electrons. The molecule has 10 heteroatoms. The minimum absolute atomic E-state index is 0.0178. The van der Waals surface area contributed by atoms with Gasteiger partial charge in [0.05, 0.1) is 25.8 Å². The van der Waals surface area contributed by atoms with E-state index in [9.17, 15) is 39.5 Å². The number of halogens is 9. The Kier molecular flexibility index (Phi) is 9.28. The molecule has 3 aliphatic rings. The molecule has 0 saturated heterocycles.